The molecule has 2 nitrogen and oxygen atoms in total. The zero-order valence-electron chi connectivity index (χ0n) is 6.93. The van der Waals surface area contributed by atoms with Crippen molar-refractivity contribution in [2.24, 2.45) is 0 Å². The van der Waals surface area contributed by atoms with E-state index < -0.39 is 0 Å². The van der Waals surface area contributed by atoms with Crippen LogP contribution in [0.3, 0.4) is 0 Å². The maximum atomic E-state index is 4.85. The van der Waals surface area contributed by atoms with E-state index in [0.717, 1.165) is 19.6 Å². The molecule has 0 radical (unpaired) electrons. The average Bonchev–Trinajstić information content (AvgIpc) is 2.10. The Morgan fingerprint density at radius 2 is 2.00 bits per heavy atom. The van der Waals surface area contributed by atoms with Gasteiger partial charge in [-0.15, -0.1) is 5.92 Å². The van der Waals surface area contributed by atoms with Crippen molar-refractivity contribution in [3.8, 4) is 11.8 Å². The Labute approximate surface area is 68.2 Å². The number of hydrogen-bond donors (Lipinski definition) is 0. The third kappa shape index (κ3) is 9.22. The number of rotatable bonds is 0. The van der Waals surface area contributed by atoms with Gasteiger partial charge in [0.25, 0.3) is 0 Å². The summed E-state index contributed by atoms with van der Waals surface area (Å²) in [6, 6.07) is 0. The van der Waals surface area contributed by atoms with Crippen LogP contribution in [0, 0.1) is 11.8 Å². The molecule has 1 rings (SSSR count). The van der Waals surface area contributed by atoms with Crippen molar-refractivity contribution >= 4 is 0 Å². The van der Waals surface area contributed by atoms with Crippen molar-refractivity contribution in [3.05, 3.63) is 12.7 Å². The lowest BCUT2D eigenvalue weighted by atomic mass is 10.5. The highest BCUT2D eigenvalue weighted by Gasteiger charge is 1.94. The molecule has 1 saturated heterocycles. The van der Waals surface area contributed by atoms with Crippen molar-refractivity contribution in [3.63, 3.8) is 0 Å². The topological polar surface area (TPSA) is 18.5 Å². The highest BCUT2D eigenvalue weighted by molar-refractivity contribution is 5.09. The van der Waals surface area contributed by atoms with E-state index in [-0.39, 0.29) is 0 Å². The molecule has 0 N–H and O–H groups in total. The molecule has 62 valence electrons. The van der Waals surface area contributed by atoms with Gasteiger partial charge in [-0.3, -0.25) is 0 Å². The molecule has 0 unspecified atom stereocenters. The molecule has 11 heavy (non-hydrogen) atoms. The number of ether oxygens (including phenoxy) is 2. The van der Waals surface area contributed by atoms with Crippen LogP contribution in [0.15, 0.2) is 12.7 Å². The van der Waals surface area contributed by atoms with Gasteiger partial charge < -0.3 is 9.47 Å². The van der Waals surface area contributed by atoms with E-state index in [1.807, 2.05) is 0 Å². The van der Waals surface area contributed by atoms with Crippen molar-refractivity contribution < 1.29 is 9.47 Å². The van der Waals surface area contributed by atoms with Crippen LogP contribution in [0.25, 0.3) is 0 Å². The summed E-state index contributed by atoms with van der Waals surface area (Å²) in [7, 11) is 0. The normalized spacial score (nSPS) is 15.0. The molecule has 1 fully saturated rings. The third-order valence-electron chi connectivity index (χ3n) is 0.990. The molecule has 0 aromatic rings. The van der Waals surface area contributed by atoms with Gasteiger partial charge in [0, 0.05) is 0 Å². The molecule has 0 atom stereocenters. The molecule has 0 bridgehead atoms. The van der Waals surface area contributed by atoms with Crippen molar-refractivity contribution in [2.45, 2.75) is 13.3 Å². The average molecular weight is 154 g/mol. The Morgan fingerprint density at radius 1 is 1.36 bits per heavy atom. The second-order valence-corrected chi connectivity index (χ2v) is 1.89. The Kier molecular flexibility index (Phi) is 8.57. The van der Waals surface area contributed by atoms with E-state index in [1.165, 1.54) is 0 Å². The van der Waals surface area contributed by atoms with E-state index in [4.69, 9.17) is 9.47 Å². The molecule has 0 saturated carbocycles. The Hall–Kier alpha value is -0.780. The van der Waals surface area contributed by atoms with Gasteiger partial charge in [-0.1, -0.05) is 12.5 Å². The van der Waals surface area contributed by atoms with Gasteiger partial charge >= 0.3 is 0 Å². The largest absolute Gasteiger partial charge is 0.355 e. The van der Waals surface area contributed by atoms with Crippen LogP contribution in [0.1, 0.15) is 13.3 Å². The molecule has 0 aromatic carbocycles. The summed E-state index contributed by atoms with van der Waals surface area (Å²) in [6.07, 6.45) is 2.62. The predicted octanol–water partition coefficient (Wildman–Crippen LogP) is 1.58. The SMILES string of the molecule is C1COCOC1.C=CC#CC. The lowest BCUT2D eigenvalue weighted by Crippen LogP contribution is -2.11. The second kappa shape index (κ2) is 9.22. The zero-order chi connectivity index (χ0) is 8.36. The van der Waals surface area contributed by atoms with Gasteiger partial charge in [-0.25, -0.2) is 0 Å². The highest BCUT2D eigenvalue weighted by atomic mass is 16.7. The number of allylic oxidation sites excluding steroid dienone is 1. The standard InChI is InChI=1S/C5H6.C4H8O2/c1-3-5-4-2;1-2-5-4-6-3-1/h3H,1H2,2H3;1-4H2. The van der Waals surface area contributed by atoms with Crippen LogP contribution >= 0.6 is 0 Å². The second-order valence-electron chi connectivity index (χ2n) is 1.89. The Balaban J connectivity index is 0.000000187. The first kappa shape index (κ1) is 10.2. The van der Waals surface area contributed by atoms with Crippen LogP contribution in [0.4, 0.5) is 0 Å². The molecular formula is C9H14O2. The van der Waals surface area contributed by atoms with Crippen molar-refractivity contribution in [2.75, 3.05) is 20.0 Å². The molecule has 1 heterocycles. The fourth-order valence-corrected chi connectivity index (χ4v) is 0.542. The Morgan fingerprint density at radius 3 is 2.09 bits per heavy atom. The van der Waals surface area contributed by atoms with Gasteiger partial charge in [-0.05, 0) is 19.4 Å². The summed E-state index contributed by atoms with van der Waals surface area (Å²) in [5.74, 6) is 5.27. The summed E-state index contributed by atoms with van der Waals surface area (Å²) < 4.78 is 9.69. The minimum absolute atomic E-state index is 0.500. The van der Waals surface area contributed by atoms with Crippen LogP contribution in [-0.4, -0.2) is 20.0 Å². The quantitative estimate of drug-likeness (QED) is 0.493. The van der Waals surface area contributed by atoms with E-state index in [9.17, 15) is 0 Å². The molecule has 0 aliphatic carbocycles. The zero-order valence-corrected chi connectivity index (χ0v) is 6.93. The van der Waals surface area contributed by atoms with Crippen LogP contribution in [-0.2, 0) is 9.47 Å². The molecule has 0 amide bonds. The van der Waals surface area contributed by atoms with E-state index >= 15 is 0 Å². The summed E-state index contributed by atoms with van der Waals surface area (Å²) in [5.41, 5.74) is 0. The van der Waals surface area contributed by atoms with Crippen molar-refractivity contribution in [1.29, 1.82) is 0 Å². The van der Waals surface area contributed by atoms with Crippen LogP contribution in [0.5, 0.6) is 0 Å². The van der Waals surface area contributed by atoms with Gasteiger partial charge in [0.05, 0.1) is 13.2 Å². The smallest absolute Gasteiger partial charge is 0.146 e. The van der Waals surface area contributed by atoms with Gasteiger partial charge in [0.15, 0.2) is 0 Å². The van der Waals surface area contributed by atoms with E-state index in [2.05, 4.69) is 18.4 Å². The minimum atomic E-state index is 0.500. The van der Waals surface area contributed by atoms with Gasteiger partial charge in [0.1, 0.15) is 6.79 Å². The first-order valence-electron chi connectivity index (χ1n) is 3.60. The molecule has 0 spiro atoms. The van der Waals surface area contributed by atoms with Gasteiger partial charge in [-0.2, -0.15) is 0 Å². The highest BCUT2D eigenvalue weighted by Crippen LogP contribution is 1.91. The third-order valence-corrected chi connectivity index (χ3v) is 0.990. The summed E-state index contributed by atoms with van der Waals surface area (Å²) >= 11 is 0. The maximum absolute atomic E-state index is 4.85. The van der Waals surface area contributed by atoms with E-state index in [0.29, 0.717) is 6.79 Å². The minimum Gasteiger partial charge on any atom is -0.355 e. The first-order valence-corrected chi connectivity index (χ1v) is 3.60. The van der Waals surface area contributed by atoms with Crippen molar-refractivity contribution in [1.82, 2.24) is 0 Å². The summed E-state index contributed by atoms with van der Waals surface area (Å²) in [5, 5.41) is 0. The molecular weight excluding hydrogens is 140 g/mol. The lowest BCUT2D eigenvalue weighted by molar-refractivity contribution is -0.0963. The summed E-state index contributed by atoms with van der Waals surface area (Å²) in [6.45, 7) is 7.41. The monoisotopic (exact) mass is 154 g/mol. The molecule has 1 aliphatic rings. The number of hydrogen-bond acceptors (Lipinski definition) is 2. The fraction of sp³-hybridized carbons (Fsp3) is 0.556. The van der Waals surface area contributed by atoms with Crippen LogP contribution < -0.4 is 0 Å². The Bertz CT molecular complexity index is 126. The van der Waals surface area contributed by atoms with E-state index in [1.54, 1.807) is 13.0 Å². The molecule has 2 heteroatoms. The first-order chi connectivity index (χ1) is 5.41. The molecule has 1 aliphatic heterocycles. The fourth-order valence-electron chi connectivity index (χ4n) is 0.542. The predicted molar refractivity (Wildman–Crippen MR) is 45.0 cm³/mol. The maximum Gasteiger partial charge on any atom is 0.146 e. The lowest BCUT2D eigenvalue weighted by Gasteiger charge is -2.09. The van der Waals surface area contributed by atoms with Gasteiger partial charge in [0.2, 0.25) is 0 Å². The molecule has 0 aromatic heterocycles. The van der Waals surface area contributed by atoms with Crippen LogP contribution in [0.2, 0.25) is 0 Å². The summed E-state index contributed by atoms with van der Waals surface area (Å²) in [4.78, 5) is 0.